The maximum absolute atomic E-state index is 12.3. The van der Waals surface area contributed by atoms with Gasteiger partial charge in [0.25, 0.3) is 0 Å². The van der Waals surface area contributed by atoms with Crippen LogP contribution in [-0.4, -0.2) is 12.9 Å². The van der Waals surface area contributed by atoms with Crippen LogP contribution in [0, 0.1) is 0 Å². The summed E-state index contributed by atoms with van der Waals surface area (Å²) in [5, 5.41) is 0. The van der Waals surface area contributed by atoms with Gasteiger partial charge in [-0.1, -0.05) is 42.5 Å². The van der Waals surface area contributed by atoms with Crippen molar-refractivity contribution in [2.45, 2.75) is 6.61 Å². The Morgan fingerprint density at radius 2 is 1.33 bits per heavy atom. The van der Waals surface area contributed by atoms with Crippen LogP contribution >= 0.6 is 0 Å². The van der Waals surface area contributed by atoms with E-state index in [1.54, 1.807) is 19.2 Å². The molecule has 24 heavy (non-hydrogen) atoms. The minimum atomic E-state index is 0.0114. The predicted molar refractivity (Wildman–Crippen MR) is 93.6 cm³/mol. The molecular weight excluding hydrogens is 300 g/mol. The summed E-state index contributed by atoms with van der Waals surface area (Å²) in [5.41, 5.74) is 2.39. The van der Waals surface area contributed by atoms with E-state index in [2.05, 4.69) is 0 Å². The van der Waals surface area contributed by atoms with Crippen molar-refractivity contribution in [2.24, 2.45) is 0 Å². The minimum Gasteiger partial charge on any atom is -0.497 e. The summed E-state index contributed by atoms with van der Waals surface area (Å²) >= 11 is 0. The molecule has 3 aromatic carbocycles. The molecule has 0 aliphatic heterocycles. The van der Waals surface area contributed by atoms with Gasteiger partial charge in [-0.3, -0.25) is 4.79 Å². The largest absolute Gasteiger partial charge is 0.497 e. The van der Waals surface area contributed by atoms with Crippen molar-refractivity contribution in [2.75, 3.05) is 7.11 Å². The molecule has 0 saturated carbocycles. The van der Waals surface area contributed by atoms with Crippen LogP contribution < -0.4 is 9.47 Å². The number of ether oxygens (including phenoxy) is 2. The van der Waals surface area contributed by atoms with Gasteiger partial charge in [-0.25, -0.2) is 0 Å². The maximum Gasteiger partial charge on any atom is 0.193 e. The first-order chi connectivity index (χ1) is 11.8. The van der Waals surface area contributed by atoms with Crippen LogP contribution in [0.15, 0.2) is 78.9 Å². The summed E-state index contributed by atoms with van der Waals surface area (Å²) in [7, 11) is 1.64. The van der Waals surface area contributed by atoms with Crippen molar-refractivity contribution >= 4 is 5.78 Å². The Balaban J connectivity index is 1.63. The van der Waals surface area contributed by atoms with Crippen molar-refractivity contribution in [3.05, 3.63) is 95.6 Å². The monoisotopic (exact) mass is 318 g/mol. The van der Waals surface area contributed by atoms with Gasteiger partial charge in [0.2, 0.25) is 0 Å². The van der Waals surface area contributed by atoms with E-state index < -0.39 is 0 Å². The zero-order valence-corrected chi connectivity index (χ0v) is 13.4. The summed E-state index contributed by atoms with van der Waals surface area (Å²) in [5.74, 6) is 1.57. The second-order valence-electron chi connectivity index (χ2n) is 5.36. The molecule has 0 radical (unpaired) electrons. The summed E-state index contributed by atoms with van der Waals surface area (Å²) < 4.78 is 10.9. The highest BCUT2D eigenvalue weighted by molar-refractivity contribution is 6.08. The summed E-state index contributed by atoms with van der Waals surface area (Å²) in [4.78, 5) is 12.3. The van der Waals surface area contributed by atoms with Crippen molar-refractivity contribution in [1.82, 2.24) is 0 Å². The van der Waals surface area contributed by atoms with Crippen LogP contribution in [0.25, 0.3) is 0 Å². The normalized spacial score (nSPS) is 10.2. The molecule has 0 bridgehead atoms. The lowest BCUT2D eigenvalue weighted by molar-refractivity contribution is 0.103. The Hall–Kier alpha value is -3.07. The summed E-state index contributed by atoms with van der Waals surface area (Å²) in [6.07, 6.45) is 0. The molecule has 3 aromatic rings. The van der Waals surface area contributed by atoms with E-state index in [1.807, 2.05) is 66.7 Å². The highest BCUT2D eigenvalue weighted by atomic mass is 16.5. The van der Waals surface area contributed by atoms with Gasteiger partial charge >= 0.3 is 0 Å². The van der Waals surface area contributed by atoms with Crippen molar-refractivity contribution in [3.63, 3.8) is 0 Å². The molecule has 0 fully saturated rings. The van der Waals surface area contributed by atoms with Gasteiger partial charge in [-0.2, -0.15) is 0 Å². The number of ketones is 1. The van der Waals surface area contributed by atoms with Crippen LogP contribution in [0.3, 0.4) is 0 Å². The third-order valence-electron chi connectivity index (χ3n) is 3.72. The smallest absolute Gasteiger partial charge is 0.193 e. The maximum atomic E-state index is 12.3. The molecule has 0 aliphatic rings. The second kappa shape index (κ2) is 7.47. The van der Waals surface area contributed by atoms with Crippen molar-refractivity contribution in [3.8, 4) is 11.5 Å². The lowest BCUT2D eigenvalue weighted by Gasteiger charge is -2.08. The lowest BCUT2D eigenvalue weighted by Crippen LogP contribution is -2.01. The van der Waals surface area contributed by atoms with Crippen LogP contribution in [0.4, 0.5) is 0 Å². The molecule has 0 unspecified atom stereocenters. The highest BCUT2D eigenvalue weighted by Crippen LogP contribution is 2.18. The van der Waals surface area contributed by atoms with E-state index in [0.29, 0.717) is 17.7 Å². The van der Waals surface area contributed by atoms with Crippen LogP contribution in [0.2, 0.25) is 0 Å². The van der Waals surface area contributed by atoms with Crippen LogP contribution in [0.5, 0.6) is 11.5 Å². The molecule has 0 atom stereocenters. The molecule has 0 aliphatic carbocycles. The van der Waals surface area contributed by atoms with E-state index in [9.17, 15) is 4.79 Å². The number of hydrogen-bond donors (Lipinski definition) is 0. The average molecular weight is 318 g/mol. The SMILES string of the molecule is COc1ccc(COc2ccc(C(=O)c3ccccc3)cc2)cc1. The second-order valence-corrected chi connectivity index (χ2v) is 5.36. The molecule has 0 saturated heterocycles. The topological polar surface area (TPSA) is 35.5 Å². The zero-order valence-electron chi connectivity index (χ0n) is 13.4. The predicted octanol–water partition coefficient (Wildman–Crippen LogP) is 4.51. The van der Waals surface area contributed by atoms with Gasteiger partial charge in [0, 0.05) is 11.1 Å². The van der Waals surface area contributed by atoms with Gasteiger partial charge in [0.05, 0.1) is 7.11 Å². The van der Waals surface area contributed by atoms with E-state index in [-0.39, 0.29) is 5.78 Å². The lowest BCUT2D eigenvalue weighted by atomic mass is 10.0. The number of benzene rings is 3. The number of hydrogen-bond acceptors (Lipinski definition) is 3. The Bertz CT molecular complexity index is 791. The third-order valence-corrected chi connectivity index (χ3v) is 3.72. The zero-order chi connectivity index (χ0) is 16.8. The van der Waals surface area contributed by atoms with E-state index in [4.69, 9.17) is 9.47 Å². The molecular formula is C21H18O3. The first-order valence-electron chi connectivity index (χ1n) is 7.72. The Morgan fingerprint density at radius 1 is 0.750 bits per heavy atom. The first kappa shape index (κ1) is 15.8. The fraction of sp³-hybridized carbons (Fsp3) is 0.0952. The quantitative estimate of drug-likeness (QED) is 0.628. The number of rotatable bonds is 6. The third kappa shape index (κ3) is 3.82. The Labute approximate surface area is 141 Å². The standard InChI is InChI=1S/C21H18O3/c1-23-19-11-7-16(8-12-19)15-24-20-13-9-18(10-14-20)21(22)17-5-3-2-4-6-17/h2-14H,15H2,1H3. The number of methoxy groups -OCH3 is 1. The van der Waals surface area contributed by atoms with E-state index in [0.717, 1.165) is 17.1 Å². The van der Waals surface area contributed by atoms with Gasteiger partial charge in [-0.05, 0) is 42.0 Å². The van der Waals surface area contributed by atoms with Gasteiger partial charge in [-0.15, -0.1) is 0 Å². The molecule has 0 amide bonds. The fourth-order valence-corrected chi connectivity index (χ4v) is 2.35. The van der Waals surface area contributed by atoms with Crippen molar-refractivity contribution < 1.29 is 14.3 Å². The molecule has 120 valence electrons. The number of carbonyl (C=O) groups is 1. The van der Waals surface area contributed by atoms with Gasteiger partial charge in [0.1, 0.15) is 18.1 Å². The molecule has 0 heterocycles. The molecule has 3 rings (SSSR count). The van der Waals surface area contributed by atoms with Gasteiger partial charge in [0.15, 0.2) is 5.78 Å². The minimum absolute atomic E-state index is 0.0114. The molecule has 0 N–H and O–H groups in total. The molecule has 0 spiro atoms. The fourth-order valence-electron chi connectivity index (χ4n) is 2.35. The Kier molecular flexibility index (Phi) is 4.92. The molecule has 0 aromatic heterocycles. The summed E-state index contributed by atoms with van der Waals surface area (Å²) in [6, 6.07) is 24.2. The van der Waals surface area contributed by atoms with Crippen LogP contribution in [-0.2, 0) is 6.61 Å². The Morgan fingerprint density at radius 3 is 1.96 bits per heavy atom. The molecule has 3 nitrogen and oxygen atoms in total. The first-order valence-corrected chi connectivity index (χ1v) is 7.72. The summed E-state index contributed by atoms with van der Waals surface area (Å²) in [6.45, 7) is 0.468. The molecule has 3 heteroatoms. The number of carbonyl (C=O) groups excluding carboxylic acids is 1. The highest BCUT2D eigenvalue weighted by Gasteiger charge is 2.08. The van der Waals surface area contributed by atoms with Crippen LogP contribution in [0.1, 0.15) is 21.5 Å². The van der Waals surface area contributed by atoms with Gasteiger partial charge < -0.3 is 9.47 Å². The van der Waals surface area contributed by atoms with E-state index in [1.165, 1.54) is 0 Å². The van der Waals surface area contributed by atoms with Crippen molar-refractivity contribution in [1.29, 1.82) is 0 Å². The van der Waals surface area contributed by atoms with E-state index >= 15 is 0 Å². The average Bonchev–Trinajstić information content (AvgIpc) is 2.67.